The minimum atomic E-state index is -0.701. The van der Waals surface area contributed by atoms with E-state index in [9.17, 15) is 9.50 Å². The molecule has 2 heterocycles. The Bertz CT molecular complexity index is 991. The maximum Gasteiger partial charge on any atom is 0.191 e. The van der Waals surface area contributed by atoms with Crippen LogP contribution in [-0.2, 0) is 6.54 Å². The number of ether oxygens (including phenoxy) is 1. The van der Waals surface area contributed by atoms with Crippen molar-refractivity contribution in [2.24, 2.45) is 4.99 Å². The van der Waals surface area contributed by atoms with Gasteiger partial charge in [0.2, 0.25) is 0 Å². The molecule has 2 aromatic heterocycles. The van der Waals surface area contributed by atoms with E-state index in [2.05, 4.69) is 20.6 Å². The van der Waals surface area contributed by atoms with Crippen molar-refractivity contribution < 1.29 is 14.2 Å². The fourth-order valence-corrected chi connectivity index (χ4v) is 3.62. The molecule has 0 saturated carbocycles. The summed E-state index contributed by atoms with van der Waals surface area (Å²) in [6.07, 6.45) is 2.44. The number of rotatable bonds is 8. The summed E-state index contributed by atoms with van der Waals surface area (Å²) in [4.78, 5) is 9.17. The summed E-state index contributed by atoms with van der Waals surface area (Å²) < 4.78 is 20.5. The Kier molecular flexibility index (Phi) is 10.4. The van der Waals surface area contributed by atoms with Crippen LogP contribution in [0.5, 0.6) is 11.5 Å². The van der Waals surface area contributed by atoms with Crippen LogP contribution in [0, 0.1) is 5.82 Å². The van der Waals surface area contributed by atoms with Gasteiger partial charge in [0.25, 0.3) is 0 Å². The highest BCUT2D eigenvalue weighted by Crippen LogP contribution is 2.26. The third-order valence-corrected chi connectivity index (χ3v) is 5.34. The first-order chi connectivity index (χ1) is 14.5. The van der Waals surface area contributed by atoms with Crippen LogP contribution in [0.15, 0.2) is 59.9 Å². The minimum Gasteiger partial charge on any atom is -0.453 e. The van der Waals surface area contributed by atoms with Gasteiger partial charge in [-0.15, -0.1) is 35.3 Å². The molecule has 166 valence electrons. The average molecular weight is 577 g/mol. The number of aliphatic hydroxyl groups excluding tert-OH is 1. The monoisotopic (exact) mass is 576 g/mol. The smallest absolute Gasteiger partial charge is 0.191 e. The number of nitrogens with one attached hydrogen (secondary N) is 2. The Hall–Kier alpha value is -1.95. The fraction of sp³-hybridized carbons (Fsp3) is 0.238. The SMILES string of the molecule is CCNC(=NCc1ccc(Oc2cccnc2)c(F)c1)NCC(O)c1ccc(Cl)s1.I. The van der Waals surface area contributed by atoms with Crippen molar-refractivity contribution in [3.63, 3.8) is 0 Å². The Labute approximate surface area is 206 Å². The highest BCUT2D eigenvalue weighted by molar-refractivity contribution is 14.0. The summed E-state index contributed by atoms with van der Waals surface area (Å²) in [7, 11) is 0. The molecule has 0 fully saturated rings. The van der Waals surface area contributed by atoms with Gasteiger partial charge in [0.15, 0.2) is 17.5 Å². The quantitative estimate of drug-likeness (QED) is 0.197. The molecule has 1 aromatic carbocycles. The predicted molar refractivity (Wildman–Crippen MR) is 133 cm³/mol. The van der Waals surface area contributed by atoms with E-state index in [1.165, 1.54) is 23.6 Å². The number of pyridine rings is 1. The van der Waals surface area contributed by atoms with Crippen LogP contribution in [0.4, 0.5) is 4.39 Å². The predicted octanol–water partition coefficient (Wildman–Crippen LogP) is 5.13. The molecule has 3 rings (SSSR count). The average Bonchev–Trinajstić information content (AvgIpc) is 3.19. The zero-order chi connectivity index (χ0) is 21.3. The topological polar surface area (TPSA) is 78.8 Å². The largest absolute Gasteiger partial charge is 0.453 e. The number of hydrogen-bond donors (Lipinski definition) is 3. The van der Waals surface area contributed by atoms with E-state index in [0.717, 1.165) is 4.88 Å². The number of benzene rings is 1. The molecule has 0 radical (unpaired) electrons. The lowest BCUT2D eigenvalue weighted by Crippen LogP contribution is -2.39. The molecule has 1 atom stereocenters. The lowest BCUT2D eigenvalue weighted by Gasteiger charge is -2.14. The van der Waals surface area contributed by atoms with E-state index in [1.807, 2.05) is 6.92 Å². The summed E-state index contributed by atoms with van der Waals surface area (Å²) in [5.41, 5.74) is 0.689. The van der Waals surface area contributed by atoms with Gasteiger partial charge in [-0.25, -0.2) is 9.38 Å². The third kappa shape index (κ3) is 7.91. The summed E-state index contributed by atoms with van der Waals surface area (Å²) in [6.45, 7) is 3.13. The Morgan fingerprint density at radius 2 is 2.13 bits per heavy atom. The number of aliphatic hydroxyl groups is 1. The molecular weight excluding hydrogens is 554 g/mol. The van der Waals surface area contributed by atoms with Gasteiger partial charge in [0, 0.05) is 24.2 Å². The number of nitrogens with zero attached hydrogens (tertiary/aromatic N) is 2. The molecule has 10 heteroatoms. The zero-order valence-electron chi connectivity index (χ0n) is 16.7. The van der Waals surface area contributed by atoms with E-state index in [1.54, 1.807) is 42.6 Å². The van der Waals surface area contributed by atoms with E-state index in [-0.39, 0.29) is 42.8 Å². The van der Waals surface area contributed by atoms with Crippen LogP contribution in [0.1, 0.15) is 23.5 Å². The molecule has 0 amide bonds. The van der Waals surface area contributed by atoms with Crippen molar-refractivity contribution in [3.05, 3.63) is 75.5 Å². The molecule has 31 heavy (non-hydrogen) atoms. The van der Waals surface area contributed by atoms with Crippen molar-refractivity contribution in [2.75, 3.05) is 13.1 Å². The molecule has 3 N–H and O–H groups in total. The molecular formula is C21H23ClFIN4O2S. The lowest BCUT2D eigenvalue weighted by atomic mass is 10.2. The van der Waals surface area contributed by atoms with E-state index >= 15 is 0 Å². The third-order valence-electron chi connectivity index (χ3n) is 4.01. The number of guanidine groups is 1. The van der Waals surface area contributed by atoms with Crippen LogP contribution in [0.25, 0.3) is 0 Å². The fourth-order valence-electron chi connectivity index (χ4n) is 2.57. The second kappa shape index (κ2) is 12.8. The van der Waals surface area contributed by atoms with Gasteiger partial charge in [0.05, 0.1) is 17.1 Å². The van der Waals surface area contributed by atoms with Crippen molar-refractivity contribution in [3.8, 4) is 11.5 Å². The standard InChI is InChI=1S/C21H22ClFN4O2S.HI/c1-2-25-21(27-13-17(28)19-7-8-20(22)30-19)26-11-14-5-6-18(16(23)10-14)29-15-4-3-9-24-12-15;/h3-10,12,17,28H,2,11,13H2,1H3,(H2,25,26,27);1H. The molecule has 6 nitrogen and oxygen atoms in total. The second-order valence-electron chi connectivity index (χ2n) is 6.29. The highest BCUT2D eigenvalue weighted by Gasteiger charge is 2.11. The minimum absolute atomic E-state index is 0. The number of thiophene rings is 1. The lowest BCUT2D eigenvalue weighted by molar-refractivity contribution is 0.184. The Morgan fingerprint density at radius 3 is 2.77 bits per heavy atom. The number of aromatic nitrogens is 1. The second-order valence-corrected chi connectivity index (χ2v) is 8.04. The van der Waals surface area contributed by atoms with Gasteiger partial charge in [0.1, 0.15) is 11.9 Å². The Morgan fingerprint density at radius 1 is 1.29 bits per heavy atom. The Balaban J connectivity index is 0.00000341. The van der Waals surface area contributed by atoms with Crippen molar-refractivity contribution in [1.29, 1.82) is 0 Å². The molecule has 0 aliphatic rings. The molecule has 3 aromatic rings. The first kappa shape index (κ1) is 25.3. The number of hydrogen-bond acceptors (Lipinski definition) is 5. The summed E-state index contributed by atoms with van der Waals surface area (Å²) in [5, 5.41) is 16.5. The first-order valence-electron chi connectivity index (χ1n) is 9.37. The van der Waals surface area contributed by atoms with Crippen LogP contribution >= 0.6 is 46.9 Å². The van der Waals surface area contributed by atoms with Gasteiger partial charge < -0.3 is 20.5 Å². The van der Waals surface area contributed by atoms with Gasteiger partial charge in [-0.1, -0.05) is 17.7 Å². The van der Waals surface area contributed by atoms with Crippen LogP contribution < -0.4 is 15.4 Å². The molecule has 0 aliphatic carbocycles. The van der Waals surface area contributed by atoms with Crippen LogP contribution in [-0.4, -0.2) is 29.1 Å². The van der Waals surface area contributed by atoms with Gasteiger partial charge in [-0.3, -0.25) is 4.98 Å². The van der Waals surface area contributed by atoms with Crippen LogP contribution in [0.3, 0.4) is 0 Å². The van der Waals surface area contributed by atoms with Gasteiger partial charge in [-0.05, 0) is 48.9 Å². The van der Waals surface area contributed by atoms with Gasteiger partial charge in [-0.2, -0.15) is 0 Å². The summed E-state index contributed by atoms with van der Waals surface area (Å²) in [6, 6.07) is 11.7. The molecule has 0 bridgehead atoms. The normalized spacial score (nSPS) is 12.1. The van der Waals surface area contributed by atoms with E-state index < -0.39 is 11.9 Å². The molecule has 0 saturated heterocycles. The van der Waals surface area contributed by atoms with Crippen LogP contribution in [0.2, 0.25) is 4.34 Å². The number of aliphatic imine (C=N–C) groups is 1. The van der Waals surface area contributed by atoms with E-state index in [0.29, 0.717) is 28.2 Å². The zero-order valence-corrected chi connectivity index (χ0v) is 20.6. The number of halogens is 3. The van der Waals surface area contributed by atoms with E-state index in [4.69, 9.17) is 16.3 Å². The first-order valence-corrected chi connectivity index (χ1v) is 10.6. The van der Waals surface area contributed by atoms with Crippen molar-refractivity contribution in [2.45, 2.75) is 19.6 Å². The molecule has 1 unspecified atom stereocenters. The highest BCUT2D eigenvalue weighted by atomic mass is 127. The summed E-state index contributed by atoms with van der Waals surface area (Å²) >= 11 is 7.24. The van der Waals surface area contributed by atoms with Crippen molar-refractivity contribution >= 4 is 52.9 Å². The molecule has 0 spiro atoms. The molecule has 0 aliphatic heterocycles. The summed E-state index contributed by atoms with van der Waals surface area (Å²) in [5.74, 6) is 0.634. The van der Waals surface area contributed by atoms with Crippen molar-refractivity contribution in [1.82, 2.24) is 15.6 Å². The maximum atomic E-state index is 14.4. The maximum absolute atomic E-state index is 14.4. The van der Waals surface area contributed by atoms with Gasteiger partial charge >= 0.3 is 0 Å².